The smallest absolute Gasteiger partial charge is 0.0367 e. The molecule has 2 rings (SSSR count). The van der Waals surface area contributed by atoms with Gasteiger partial charge in [0.2, 0.25) is 0 Å². The van der Waals surface area contributed by atoms with Gasteiger partial charge in [0.1, 0.15) is 0 Å². The lowest BCUT2D eigenvalue weighted by Gasteiger charge is -2.32. The molecule has 0 aromatic heterocycles. The van der Waals surface area contributed by atoms with Crippen LogP contribution in [-0.4, -0.2) is 5.38 Å². The summed E-state index contributed by atoms with van der Waals surface area (Å²) in [6, 6.07) is 8.63. The number of halogens is 2. The summed E-state index contributed by atoms with van der Waals surface area (Å²) in [6.45, 7) is 2.30. The molecule has 0 saturated heterocycles. The number of benzene rings is 1. The van der Waals surface area contributed by atoms with E-state index in [9.17, 15) is 0 Å². The quantitative estimate of drug-likeness (QED) is 0.653. The van der Waals surface area contributed by atoms with Gasteiger partial charge in [-0.25, -0.2) is 0 Å². The molecule has 1 saturated carbocycles. The summed E-state index contributed by atoms with van der Waals surface area (Å²) in [4.78, 5) is 0. The molecule has 2 heteroatoms. The van der Waals surface area contributed by atoms with Crippen molar-refractivity contribution in [1.82, 2.24) is 0 Å². The average Bonchev–Trinajstić information content (AvgIpc) is 2.32. The molecule has 3 atom stereocenters. The third-order valence-electron chi connectivity index (χ3n) is 3.96. The van der Waals surface area contributed by atoms with Crippen LogP contribution in [0.5, 0.6) is 0 Å². The molecule has 0 N–H and O–H groups in total. The highest BCUT2D eigenvalue weighted by molar-refractivity contribution is 9.10. The predicted octanol–water partition coefficient (Wildman–Crippen LogP) is 5.43. The second-order valence-corrected chi connectivity index (χ2v) is 6.67. The summed E-state index contributed by atoms with van der Waals surface area (Å²) in [6.07, 6.45) is 6.25. The maximum absolute atomic E-state index is 6.48. The fourth-order valence-corrected chi connectivity index (χ4v) is 3.64. The van der Waals surface area contributed by atoms with Crippen molar-refractivity contribution in [3.63, 3.8) is 0 Å². The first kappa shape index (κ1) is 13.4. The Morgan fingerprint density at radius 1 is 1.35 bits per heavy atom. The molecule has 1 fully saturated rings. The van der Waals surface area contributed by atoms with Crippen molar-refractivity contribution in [2.24, 2.45) is 11.8 Å². The highest BCUT2D eigenvalue weighted by atomic mass is 79.9. The van der Waals surface area contributed by atoms with Gasteiger partial charge in [0.25, 0.3) is 0 Å². The largest absolute Gasteiger partial charge is 0.123 e. The van der Waals surface area contributed by atoms with E-state index >= 15 is 0 Å². The summed E-state index contributed by atoms with van der Waals surface area (Å²) >= 11 is 10.0. The molecule has 0 radical (unpaired) electrons. The first-order chi connectivity index (χ1) is 8.19. The minimum absolute atomic E-state index is 0.372. The summed E-state index contributed by atoms with van der Waals surface area (Å²) in [5, 5.41) is 0.372. The lowest BCUT2D eigenvalue weighted by Crippen LogP contribution is -2.26. The van der Waals surface area contributed by atoms with Gasteiger partial charge >= 0.3 is 0 Å². The van der Waals surface area contributed by atoms with E-state index in [4.69, 9.17) is 11.6 Å². The van der Waals surface area contributed by atoms with E-state index < -0.39 is 0 Å². The molecule has 0 aliphatic heterocycles. The number of hydrogen-bond donors (Lipinski definition) is 0. The molecule has 1 aliphatic carbocycles. The predicted molar refractivity (Wildman–Crippen MR) is 78.6 cm³/mol. The Morgan fingerprint density at radius 3 is 2.88 bits per heavy atom. The van der Waals surface area contributed by atoms with Gasteiger partial charge < -0.3 is 0 Å². The van der Waals surface area contributed by atoms with Crippen LogP contribution in [0.4, 0.5) is 0 Å². The van der Waals surface area contributed by atoms with Crippen LogP contribution >= 0.6 is 27.5 Å². The van der Waals surface area contributed by atoms with Crippen LogP contribution in [0.3, 0.4) is 0 Å². The van der Waals surface area contributed by atoms with Crippen LogP contribution in [0.25, 0.3) is 0 Å². The molecule has 0 nitrogen and oxygen atoms in total. The lowest BCUT2D eigenvalue weighted by molar-refractivity contribution is 0.265. The van der Waals surface area contributed by atoms with E-state index in [0.29, 0.717) is 11.3 Å². The van der Waals surface area contributed by atoms with Crippen molar-refractivity contribution < 1.29 is 0 Å². The zero-order valence-corrected chi connectivity index (χ0v) is 12.7. The van der Waals surface area contributed by atoms with Gasteiger partial charge in [-0.15, -0.1) is 11.6 Å². The number of rotatable bonds is 3. The SMILES string of the molecule is CCC1CCC(Cl)C(Cc2cccc(Br)c2)C1. The normalized spacial score (nSPS) is 29.2. The van der Waals surface area contributed by atoms with E-state index in [1.807, 2.05) is 0 Å². The zero-order valence-electron chi connectivity index (χ0n) is 10.3. The summed E-state index contributed by atoms with van der Waals surface area (Å²) in [7, 11) is 0. The van der Waals surface area contributed by atoms with Gasteiger partial charge in [-0.3, -0.25) is 0 Å². The maximum Gasteiger partial charge on any atom is 0.0367 e. The molecular formula is C15H20BrCl. The molecule has 1 aliphatic rings. The summed E-state index contributed by atoms with van der Waals surface area (Å²) < 4.78 is 1.17. The second-order valence-electron chi connectivity index (χ2n) is 5.20. The van der Waals surface area contributed by atoms with Gasteiger partial charge in [-0.2, -0.15) is 0 Å². The van der Waals surface area contributed by atoms with Crippen LogP contribution in [0, 0.1) is 11.8 Å². The fraction of sp³-hybridized carbons (Fsp3) is 0.600. The molecule has 94 valence electrons. The molecule has 0 heterocycles. The van der Waals surface area contributed by atoms with Crippen LogP contribution in [0.1, 0.15) is 38.2 Å². The van der Waals surface area contributed by atoms with E-state index in [2.05, 4.69) is 47.1 Å². The number of hydrogen-bond acceptors (Lipinski definition) is 0. The highest BCUT2D eigenvalue weighted by Crippen LogP contribution is 2.36. The van der Waals surface area contributed by atoms with Crippen molar-refractivity contribution in [3.05, 3.63) is 34.3 Å². The maximum atomic E-state index is 6.48. The van der Waals surface area contributed by atoms with E-state index in [1.54, 1.807) is 0 Å². The monoisotopic (exact) mass is 314 g/mol. The third kappa shape index (κ3) is 3.72. The minimum atomic E-state index is 0.372. The summed E-state index contributed by atoms with van der Waals surface area (Å²) in [5.41, 5.74) is 1.41. The number of alkyl halides is 1. The Balaban J connectivity index is 2.01. The van der Waals surface area contributed by atoms with Crippen molar-refractivity contribution in [2.45, 2.75) is 44.4 Å². The lowest BCUT2D eigenvalue weighted by atomic mass is 9.77. The van der Waals surface area contributed by atoms with Gasteiger partial charge in [0, 0.05) is 9.85 Å². The third-order valence-corrected chi connectivity index (χ3v) is 5.03. The van der Waals surface area contributed by atoms with Crippen LogP contribution in [-0.2, 0) is 6.42 Å². The van der Waals surface area contributed by atoms with Crippen molar-refractivity contribution in [1.29, 1.82) is 0 Å². The van der Waals surface area contributed by atoms with Crippen molar-refractivity contribution in [3.8, 4) is 0 Å². The van der Waals surface area contributed by atoms with Crippen LogP contribution < -0.4 is 0 Å². The first-order valence-corrected chi connectivity index (χ1v) is 7.80. The fourth-order valence-electron chi connectivity index (χ4n) is 2.87. The molecule has 17 heavy (non-hydrogen) atoms. The van der Waals surface area contributed by atoms with E-state index in [-0.39, 0.29) is 0 Å². The second kappa shape index (κ2) is 6.24. The average molecular weight is 316 g/mol. The first-order valence-electron chi connectivity index (χ1n) is 6.57. The minimum Gasteiger partial charge on any atom is -0.123 e. The van der Waals surface area contributed by atoms with E-state index in [1.165, 1.54) is 35.7 Å². The molecule has 3 unspecified atom stereocenters. The highest BCUT2D eigenvalue weighted by Gasteiger charge is 2.28. The Bertz CT molecular complexity index is 364. The Hall–Kier alpha value is -0.0100. The van der Waals surface area contributed by atoms with Gasteiger partial charge in [0.05, 0.1) is 0 Å². The molecule has 0 amide bonds. The molecule has 0 bridgehead atoms. The standard InChI is InChI=1S/C15H20BrCl/c1-2-11-6-7-15(17)13(8-11)9-12-4-3-5-14(16)10-12/h3-5,10-11,13,15H,2,6-9H2,1H3. The zero-order chi connectivity index (χ0) is 12.3. The topological polar surface area (TPSA) is 0 Å². The Labute approximate surface area is 118 Å². The van der Waals surface area contributed by atoms with Crippen molar-refractivity contribution >= 4 is 27.5 Å². The molecule has 0 spiro atoms. The Morgan fingerprint density at radius 2 is 2.18 bits per heavy atom. The van der Waals surface area contributed by atoms with E-state index in [0.717, 1.165) is 12.3 Å². The molecular weight excluding hydrogens is 296 g/mol. The van der Waals surface area contributed by atoms with Gasteiger partial charge in [-0.1, -0.05) is 41.4 Å². The Kier molecular flexibility index (Phi) is 4.93. The van der Waals surface area contributed by atoms with Crippen LogP contribution in [0.15, 0.2) is 28.7 Å². The van der Waals surface area contributed by atoms with Gasteiger partial charge in [-0.05, 0) is 55.2 Å². The van der Waals surface area contributed by atoms with Crippen LogP contribution in [0.2, 0.25) is 0 Å². The van der Waals surface area contributed by atoms with Gasteiger partial charge in [0.15, 0.2) is 0 Å². The molecule has 1 aromatic carbocycles. The van der Waals surface area contributed by atoms with Crippen molar-refractivity contribution in [2.75, 3.05) is 0 Å². The summed E-state index contributed by atoms with van der Waals surface area (Å²) in [5.74, 6) is 1.55. The molecule has 1 aromatic rings.